The van der Waals surface area contributed by atoms with Crippen LogP contribution in [0.3, 0.4) is 0 Å². The smallest absolute Gasteiger partial charge is 0.229 e. The minimum atomic E-state index is 0.162. The highest BCUT2D eigenvalue weighted by Gasteiger charge is 2.40. The molecule has 3 aliphatic rings. The van der Waals surface area contributed by atoms with Crippen LogP contribution in [0.4, 0.5) is 5.82 Å². The molecule has 2 bridgehead atoms. The molecule has 4 rings (SSSR count). The van der Waals surface area contributed by atoms with Crippen LogP contribution in [0.5, 0.6) is 0 Å². The van der Waals surface area contributed by atoms with Gasteiger partial charge in [0.05, 0.1) is 5.69 Å². The second-order valence-corrected chi connectivity index (χ2v) is 6.75. The molecule has 0 aromatic carbocycles. The summed E-state index contributed by atoms with van der Waals surface area (Å²) in [4.78, 5) is 12.5. The van der Waals surface area contributed by atoms with E-state index in [0.717, 1.165) is 35.9 Å². The molecule has 4 nitrogen and oxygen atoms in total. The van der Waals surface area contributed by atoms with Crippen molar-refractivity contribution in [1.82, 2.24) is 9.78 Å². The van der Waals surface area contributed by atoms with Crippen LogP contribution in [0.15, 0.2) is 12.2 Å². The molecule has 100 valence electrons. The molecule has 0 radical (unpaired) electrons. The zero-order valence-corrected chi connectivity index (χ0v) is 11.7. The van der Waals surface area contributed by atoms with E-state index in [1.54, 1.807) is 0 Å². The fraction of sp³-hybridized carbons (Fsp3) is 0.571. The lowest BCUT2D eigenvalue weighted by atomic mass is 9.93. The predicted octanol–water partition coefficient (Wildman–Crippen LogP) is 2.32. The Labute approximate surface area is 116 Å². The van der Waals surface area contributed by atoms with Crippen LogP contribution in [-0.2, 0) is 23.3 Å². The van der Waals surface area contributed by atoms with Gasteiger partial charge in [0.2, 0.25) is 5.91 Å². The van der Waals surface area contributed by atoms with Crippen LogP contribution in [0.25, 0.3) is 0 Å². The minimum absolute atomic E-state index is 0.162. The number of carbonyl (C=O) groups is 1. The molecule has 1 N–H and O–H groups in total. The van der Waals surface area contributed by atoms with Crippen molar-refractivity contribution in [3.8, 4) is 0 Å². The molecule has 1 aliphatic heterocycles. The van der Waals surface area contributed by atoms with Crippen LogP contribution in [-0.4, -0.2) is 15.7 Å². The summed E-state index contributed by atoms with van der Waals surface area (Å²) < 4.78 is 1.82. The Morgan fingerprint density at radius 1 is 1.42 bits per heavy atom. The summed E-state index contributed by atoms with van der Waals surface area (Å²) in [5.74, 6) is 4.28. The van der Waals surface area contributed by atoms with Crippen molar-refractivity contribution in [2.24, 2.45) is 24.8 Å². The van der Waals surface area contributed by atoms with Crippen molar-refractivity contribution >= 4 is 23.5 Å². The zero-order valence-electron chi connectivity index (χ0n) is 10.9. The second-order valence-electron chi connectivity index (χ2n) is 5.77. The molecular formula is C14H17N3OS. The van der Waals surface area contributed by atoms with E-state index >= 15 is 0 Å². The number of fused-ring (bicyclic) bond motifs is 3. The number of rotatable bonds is 2. The van der Waals surface area contributed by atoms with Gasteiger partial charge in [0, 0.05) is 30.0 Å². The maximum Gasteiger partial charge on any atom is 0.229 e. The molecule has 1 fully saturated rings. The first-order chi connectivity index (χ1) is 9.22. The average Bonchev–Trinajstić information content (AvgIpc) is 3.12. The molecule has 1 aromatic heterocycles. The lowest BCUT2D eigenvalue weighted by molar-refractivity contribution is -0.120. The van der Waals surface area contributed by atoms with Gasteiger partial charge < -0.3 is 5.32 Å². The summed E-state index contributed by atoms with van der Waals surface area (Å²) in [7, 11) is 1.92. The quantitative estimate of drug-likeness (QED) is 0.843. The SMILES string of the molecule is Cn1nc2c(c1NC(=O)[C@H]1C[C@@H]3C=C[C@H]1C3)CSC2. The van der Waals surface area contributed by atoms with Crippen molar-refractivity contribution in [3.05, 3.63) is 23.4 Å². The van der Waals surface area contributed by atoms with Gasteiger partial charge in [-0.05, 0) is 24.7 Å². The van der Waals surface area contributed by atoms with Gasteiger partial charge >= 0.3 is 0 Å². The van der Waals surface area contributed by atoms with Crippen molar-refractivity contribution in [3.63, 3.8) is 0 Å². The number of nitrogens with one attached hydrogen (secondary N) is 1. The largest absolute Gasteiger partial charge is 0.310 e. The number of allylic oxidation sites excluding steroid dienone is 2. The third kappa shape index (κ3) is 1.75. The first-order valence-electron chi connectivity index (χ1n) is 6.84. The topological polar surface area (TPSA) is 46.9 Å². The van der Waals surface area contributed by atoms with Gasteiger partial charge in [-0.1, -0.05) is 12.2 Å². The molecule has 1 saturated carbocycles. The summed E-state index contributed by atoms with van der Waals surface area (Å²) in [6.45, 7) is 0. The number of carbonyl (C=O) groups excluding carboxylic acids is 1. The highest BCUT2D eigenvalue weighted by atomic mass is 32.2. The summed E-state index contributed by atoms with van der Waals surface area (Å²) >= 11 is 1.87. The number of anilines is 1. The Kier molecular flexibility index (Phi) is 2.52. The van der Waals surface area contributed by atoms with Gasteiger partial charge in [-0.2, -0.15) is 16.9 Å². The van der Waals surface area contributed by atoms with Crippen molar-refractivity contribution < 1.29 is 4.79 Å². The molecule has 1 aromatic rings. The average molecular weight is 275 g/mol. The number of aryl methyl sites for hydroxylation is 1. The number of hydrogen-bond acceptors (Lipinski definition) is 3. The van der Waals surface area contributed by atoms with Crippen LogP contribution in [0.2, 0.25) is 0 Å². The molecule has 0 spiro atoms. The van der Waals surface area contributed by atoms with Gasteiger partial charge in [0.25, 0.3) is 0 Å². The predicted molar refractivity (Wildman–Crippen MR) is 75.7 cm³/mol. The van der Waals surface area contributed by atoms with E-state index in [9.17, 15) is 4.79 Å². The summed E-state index contributed by atoms with van der Waals surface area (Å²) in [5.41, 5.74) is 2.36. The molecule has 0 saturated heterocycles. The van der Waals surface area contributed by atoms with E-state index in [0.29, 0.717) is 11.8 Å². The van der Waals surface area contributed by atoms with Gasteiger partial charge in [0.1, 0.15) is 5.82 Å². The summed E-state index contributed by atoms with van der Waals surface area (Å²) in [5, 5.41) is 7.62. The van der Waals surface area contributed by atoms with Crippen molar-refractivity contribution in [2.75, 3.05) is 5.32 Å². The summed E-state index contributed by atoms with van der Waals surface area (Å²) in [6, 6.07) is 0. The van der Waals surface area contributed by atoms with E-state index in [1.165, 1.54) is 5.56 Å². The Hall–Kier alpha value is -1.23. The minimum Gasteiger partial charge on any atom is -0.310 e. The van der Waals surface area contributed by atoms with Crippen LogP contribution < -0.4 is 5.32 Å². The summed E-state index contributed by atoms with van der Waals surface area (Å²) in [6.07, 6.45) is 6.67. The van der Waals surface area contributed by atoms with Gasteiger partial charge in [-0.3, -0.25) is 9.48 Å². The Morgan fingerprint density at radius 2 is 2.32 bits per heavy atom. The fourth-order valence-electron chi connectivity index (χ4n) is 3.59. The van der Waals surface area contributed by atoms with Crippen LogP contribution in [0, 0.1) is 17.8 Å². The highest BCUT2D eigenvalue weighted by molar-refractivity contribution is 7.98. The van der Waals surface area contributed by atoms with E-state index in [4.69, 9.17) is 0 Å². The van der Waals surface area contributed by atoms with E-state index in [2.05, 4.69) is 22.6 Å². The van der Waals surface area contributed by atoms with Crippen molar-refractivity contribution in [1.29, 1.82) is 0 Å². The van der Waals surface area contributed by atoms with Crippen LogP contribution in [0.1, 0.15) is 24.1 Å². The number of amides is 1. The Morgan fingerprint density at radius 3 is 3.05 bits per heavy atom. The molecule has 19 heavy (non-hydrogen) atoms. The number of aromatic nitrogens is 2. The molecular weight excluding hydrogens is 258 g/mol. The molecule has 1 amide bonds. The second kappa shape index (κ2) is 4.13. The van der Waals surface area contributed by atoms with E-state index in [-0.39, 0.29) is 11.8 Å². The number of thioether (sulfide) groups is 1. The lowest BCUT2D eigenvalue weighted by Crippen LogP contribution is -2.27. The third-order valence-electron chi connectivity index (χ3n) is 4.57. The molecule has 2 heterocycles. The molecule has 0 unspecified atom stereocenters. The highest BCUT2D eigenvalue weighted by Crippen LogP contribution is 2.44. The molecule has 3 atom stereocenters. The Balaban J connectivity index is 1.56. The van der Waals surface area contributed by atoms with Crippen LogP contribution >= 0.6 is 11.8 Å². The van der Waals surface area contributed by atoms with Crippen molar-refractivity contribution in [2.45, 2.75) is 24.3 Å². The zero-order chi connectivity index (χ0) is 13.0. The lowest BCUT2D eigenvalue weighted by Gasteiger charge is -2.18. The monoisotopic (exact) mass is 275 g/mol. The third-order valence-corrected chi connectivity index (χ3v) is 5.54. The Bertz CT molecular complexity index is 577. The van der Waals surface area contributed by atoms with Gasteiger partial charge in [-0.15, -0.1) is 0 Å². The first kappa shape index (κ1) is 11.6. The fourth-order valence-corrected chi connectivity index (χ4v) is 4.62. The van der Waals surface area contributed by atoms with Gasteiger partial charge in [0.15, 0.2) is 0 Å². The standard InChI is InChI=1S/C14H17N3OS/c1-17-13(11-6-19-7-12(11)16-17)15-14(18)10-5-8-2-3-9(10)4-8/h2-3,8-10H,4-7H2,1H3,(H,15,18)/t8-,9+,10+/m1/s1. The maximum atomic E-state index is 12.5. The molecule has 5 heteroatoms. The van der Waals surface area contributed by atoms with E-state index < -0.39 is 0 Å². The molecule has 2 aliphatic carbocycles. The maximum absolute atomic E-state index is 12.5. The normalized spacial score (nSPS) is 30.9. The number of hydrogen-bond donors (Lipinski definition) is 1. The first-order valence-corrected chi connectivity index (χ1v) is 7.99. The number of nitrogens with zero attached hydrogens (tertiary/aromatic N) is 2. The van der Waals surface area contributed by atoms with E-state index in [1.807, 2.05) is 23.5 Å². The van der Waals surface area contributed by atoms with Gasteiger partial charge in [-0.25, -0.2) is 0 Å².